The molecule has 158 valence electrons. The van der Waals surface area contributed by atoms with Crippen molar-refractivity contribution in [2.24, 2.45) is 0 Å². The van der Waals surface area contributed by atoms with Crippen molar-refractivity contribution in [2.75, 3.05) is 4.90 Å². The van der Waals surface area contributed by atoms with E-state index in [9.17, 15) is 14.4 Å². The lowest BCUT2D eigenvalue weighted by atomic mass is 9.78. The number of amides is 1. The van der Waals surface area contributed by atoms with Crippen molar-refractivity contribution < 1.29 is 19.1 Å². The second-order valence-electron chi connectivity index (χ2n) is 8.26. The number of Topliss-reactive ketones (excluding diaryl/α,β-unsaturated/α-hetero) is 1. The molecule has 1 spiro atoms. The first-order chi connectivity index (χ1) is 15.1. The van der Waals surface area contributed by atoms with Gasteiger partial charge in [-0.25, -0.2) is 4.79 Å². The zero-order valence-corrected chi connectivity index (χ0v) is 17.1. The van der Waals surface area contributed by atoms with Gasteiger partial charge in [0.15, 0.2) is 5.78 Å². The number of aromatic nitrogens is 2. The van der Waals surface area contributed by atoms with E-state index in [0.717, 1.165) is 24.8 Å². The van der Waals surface area contributed by atoms with Gasteiger partial charge in [-0.3, -0.25) is 14.5 Å². The molecule has 3 aromatic rings. The van der Waals surface area contributed by atoms with E-state index in [1.165, 1.54) is 4.68 Å². The number of benzene rings is 2. The topological polar surface area (TPSA) is 81.5 Å². The maximum Gasteiger partial charge on any atom is 0.435 e. The van der Waals surface area contributed by atoms with Crippen LogP contribution in [-0.2, 0) is 20.9 Å². The molecule has 7 nitrogen and oxygen atoms in total. The fourth-order valence-electron chi connectivity index (χ4n) is 4.86. The number of hydrogen-bond donors (Lipinski definition) is 0. The molecule has 1 aromatic heterocycles. The molecule has 7 heteroatoms. The Hall–Kier alpha value is -3.48. The van der Waals surface area contributed by atoms with E-state index >= 15 is 0 Å². The minimum atomic E-state index is -0.715. The summed E-state index contributed by atoms with van der Waals surface area (Å²) in [5, 5.41) is 4.90. The van der Waals surface area contributed by atoms with Gasteiger partial charge in [0.2, 0.25) is 5.91 Å². The van der Waals surface area contributed by atoms with Crippen molar-refractivity contribution in [1.29, 1.82) is 0 Å². The maximum absolute atomic E-state index is 12.8. The van der Waals surface area contributed by atoms with Crippen LogP contribution in [0.25, 0.3) is 10.9 Å². The number of hydrogen-bond acceptors (Lipinski definition) is 5. The number of carbonyl (C=O) groups excluding carboxylic acids is 3. The molecule has 1 saturated heterocycles. The summed E-state index contributed by atoms with van der Waals surface area (Å²) in [6.45, 7) is 0.159. The lowest BCUT2D eigenvalue weighted by Crippen LogP contribution is -2.51. The molecular weight excluding hydrogens is 394 g/mol. The molecule has 2 aromatic carbocycles. The standard InChI is InChI=1S/C24H23N3O4/c28-21-14-22(29)26(24(21)11-5-2-6-12-24)19-9-10-20-18(13-19)15-25-27(20)23(30)31-16-17-7-3-1-4-8-17/h1,3-4,7-10,13,15H,2,5-6,11-12,14,16H2. The van der Waals surface area contributed by atoms with Crippen LogP contribution in [-0.4, -0.2) is 33.1 Å². The predicted octanol–water partition coefficient (Wildman–Crippen LogP) is 4.23. The van der Waals surface area contributed by atoms with Crippen LogP contribution >= 0.6 is 0 Å². The zero-order chi connectivity index (χ0) is 21.4. The minimum absolute atomic E-state index is 0.0254. The average Bonchev–Trinajstić information content (AvgIpc) is 3.31. The van der Waals surface area contributed by atoms with Crippen LogP contribution in [0.15, 0.2) is 54.7 Å². The smallest absolute Gasteiger partial charge is 0.435 e. The van der Waals surface area contributed by atoms with Crippen LogP contribution in [0.1, 0.15) is 44.1 Å². The van der Waals surface area contributed by atoms with Crippen LogP contribution in [0.3, 0.4) is 0 Å². The lowest BCUT2D eigenvalue weighted by Gasteiger charge is -2.40. The van der Waals surface area contributed by atoms with Gasteiger partial charge in [-0.15, -0.1) is 0 Å². The summed E-state index contributed by atoms with van der Waals surface area (Å²) in [6, 6.07) is 14.8. The van der Waals surface area contributed by atoms with Crippen molar-refractivity contribution in [3.05, 3.63) is 60.3 Å². The Morgan fingerprint density at radius 1 is 1.03 bits per heavy atom. The highest BCUT2D eigenvalue weighted by Crippen LogP contribution is 2.43. The molecule has 2 fully saturated rings. The van der Waals surface area contributed by atoms with Gasteiger partial charge in [0.05, 0.1) is 18.1 Å². The number of nitrogens with zero attached hydrogens (tertiary/aromatic N) is 3. The van der Waals surface area contributed by atoms with Gasteiger partial charge < -0.3 is 4.74 Å². The van der Waals surface area contributed by atoms with Crippen LogP contribution < -0.4 is 4.90 Å². The molecule has 2 heterocycles. The van der Waals surface area contributed by atoms with Crippen molar-refractivity contribution in [3.63, 3.8) is 0 Å². The van der Waals surface area contributed by atoms with E-state index in [4.69, 9.17) is 4.74 Å². The highest BCUT2D eigenvalue weighted by Gasteiger charge is 2.53. The van der Waals surface area contributed by atoms with E-state index in [1.54, 1.807) is 23.2 Å². The highest BCUT2D eigenvalue weighted by molar-refractivity contribution is 6.20. The molecule has 5 rings (SSSR count). The number of rotatable bonds is 3. The molecule has 1 saturated carbocycles. The highest BCUT2D eigenvalue weighted by atomic mass is 16.6. The molecule has 0 radical (unpaired) electrons. The summed E-state index contributed by atoms with van der Waals surface area (Å²) in [5.74, 6) is -0.126. The molecular formula is C24H23N3O4. The molecule has 1 aliphatic carbocycles. The van der Waals surface area contributed by atoms with E-state index in [2.05, 4.69) is 5.10 Å². The molecule has 1 aliphatic heterocycles. The fraction of sp³-hybridized carbons (Fsp3) is 0.333. The zero-order valence-electron chi connectivity index (χ0n) is 17.1. The maximum atomic E-state index is 12.8. The summed E-state index contributed by atoms with van der Waals surface area (Å²) in [5.41, 5.74) is 1.46. The second-order valence-corrected chi connectivity index (χ2v) is 8.26. The summed E-state index contributed by atoms with van der Waals surface area (Å²) in [7, 11) is 0. The Morgan fingerprint density at radius 3 is 2.58 bits per heavy atom. The molecule has 0 N–H and O–H groups in total. The fourth-order valence-corrected chi connectivity index (χ4v) is 4.86. The van der Waals surface area contributed by atoms with Crippen molar-refractivity contribution in [2.45, 2.75) is 50.7 Å². The molecule has 2 aliphatic rings. The lowest BCUT2D eigenvalue weighted by molar-refractivity contribution is -0.123. The molecule has 1 amide bonds. The third-order valence-electron chi connectivity index (χ3n) is 6.38. The molecule has 0 unspecified atom stereocenters. The average molecular weight is 417 g/mol. The van der Waals surface area contributed by atoms with Crippen molar-refractivity contribution >= 4 is 34.4 Å². The number of fused-ring (bicyclic) bond motifs is 1. The quantitative estimate of drug-likeness (QED) is 0.596. The molecule has 0 atom stereocenters. The van der Waals surface area contributed by atoms with E-state index in [-0.39, 0.29) is 24.7 Å². The van der Waals surface area contributed by atoms with Crippen LogP contribution in [0.2, 0.25) is 0 Å². The predicted molar refractivity (Wildman–Crippen MR) is 115 cm³/mol. The van der Waals surface area contributed by atoms with Gasteiger partial charge in [0.25, 0.3) is 0 Å². The van der Waals surface area contributed by atoms with Crippen molar-refractivity contribution in [1.82, 2.24) is 9.78 Å². The number of ether oxygens (including phenoxy) is 1. The summed E-state index contributed by atoms with van der Waals surface area (Å²) in [4.78, 5) is 39.7. The summed E-state index contributed by atoms with van der Waals surface area (Å²) < 4.78 is 6.60. The number of carbonyl (C=O) groups is 3. The second kappa shape index (κ2) is 7.65. The Bertz CT molecular complexity index is 1160. The third-order valence-corrected chi connectivity index (χ3v) is 6.38. The normalized spacial score (nSPS) is 18.1. The molecule has 0 bridgehead atoms. The Kier molecular flexibility index (Phi) is 4.81. The van der Waals surface area contributed by atoms with Crippen molar-refractivity contribution in [3.8, 4) is 0 Å². The Balaban J connectivity index is 1.42. The monoisotopic (exact) mass is 417 g/mol. The first-order valence-corrected chi connectivity index (χ1v) is 10.6. The van der Waals surface area contributed by atoms with Crippen LogP contribution in [0.4, 0.5) is 10.5 Å². The number of anilines is 1. The SMILES string of the molecule is O=C1CC(=O)C2(CCCCC2)N1c1ccc2c(cnn2C(=O)OCc2ccccc2)c1. The van der Waals surface area contributed by atoms with Gasteiger partial charge in [-0.1, -0.05) is 49.6 Å². The summed E-state index contributed by atoms with van der Waals surface area (Å²) in [6.07, 6.45) is 5.38. The van der Waals surface area contributed by atoms with E-state index < -0.39 is 11.6 Å². The van der Waals surface area contributed by atoms with Crippen LogP contribution in [0.5, 0.6) is 0 Å². The first kappa shape index (κ1) is 19.5. The van der Waals surface area contributed by atoms with Gasteiger partial charge in [-0.2, -0.15) is 9.78 Å². The summed E-state index contributed by atoms with van der Waals surface area (Å²) >= 11 is 0. The van der Waals surface area contributed by atoms with Gasteiger partial charge >= 0.3 is 6.09 Å². The van der Waals surface area contributed by atoms with Crippen LogP contribution in [0, 0.1) is 0 Å². The van der Waals surface area contributed by atoms with Gasteiger partial charge in [0, 0.05) is 11.1 Å². The third kappa shape index (κ3) is 3.30. The van der Waals surface area contributed by atoms with Gasteiger partial charge in [0.1, 0.15) is 12.1 Å². The minimum Gasteiger partial charge on any atom is -0.443 e. The van der Waals surface area contributed by atoms with E-state index in [0.29, 0.717) is 29.4 Å². The van der Waals surface area contributed by atoms with Gasteiger partial charge in [-0.05, 0) is 36.6 Å². The Morgan fingerprint density at radius 2 is 1.81 bits per heavy atom. The largest absolute Gasteiger partial charge is 0.443 e. The number of ketones is 1. The van der Waals surface area contributed by atoms with E-state index in [1.807, 2.05) is 36.4 Å². The Labute approximate surface area is 179 Å². The first-order valence-electron chi connectivity index (χ1n) is 10.6. The molecule has 31 heavy (non-hydrogen) atoms.